The van der Waals surface area contributed by atoms with E-state index >= 15 is 0 Å². The molecule has 0 bridgehead atoms. The monoisotopic (exact) mass is 422 g/mol. The molecule has 2 aromatic rings. The third-order valence-electron chi connectivity index (χ3n) is 6.17. The number of carbonyl (C=O) groups is 3. The number of fused-ring (bicyclic) bond motifs is 1. The van der Waals surface area contributed by atoms with E-state index in [2.05, 4.69) is 5.32 Å². The molecular weight excluding hydrogens is 392 g/mol. The van der Waals surface area contributed by atoms with Gasteiger partial charge in [0.05, 0.1) is 0 Å². The number of rotatable bonds is 4. The molecule has 0 aromatic heterocycles. The number of benzene rings is 2. The quantitative estimate of drug-likeness (QED) is 0.823. The zero-order chi connectivity index (χ0) is 21.6. The van der Waals surface area contributed by atoms with E-state index in [1.54, 1.807) is 11.0 Å². The number of amides is 4. The molecule has 0 aliphatic carbocycles. The van der Waals surface area contributed by atoms with Gasteiger partial charge in [0, 0.05) is 57.8 Å². The van der Waals surface area contributed by atoms with E-state index in [-0.39, 0.29) is 24.3 Å². The van der Waals surface area contributed by atoms with Gasteiger partial charge >= 0.3 is 6.03 Å². The summed E-state index contributed by atoms with van der Waals surface area (Å²) >= 11 is 0. The van der Waals surface area contributed by atoms with Crippen molar-refractivity contribution in [2.75, 3.05) is 45.8 Å². The van der Waals surface area contributed by atoms with E-state index in [1.165, 1.54) is 6.42 Å². The highest BCUT2D eigenvalue weighted by atomic mass is 16.2. The lowest BCUT2D eigenvalue weighted by Crippen LogP contribution is -2.54. The van der Waals surface area contributed by atoms with Crippen molar-refractivity contribution in [2.45, 2.75) is 25.7 Å². The van der Waals surface area contributed by atoms with E-state index in [0.717, 1.165) is 36.7 Å². The molecule has 2 fully saturated rings. The molecule has 164 valence electrons. The minimum absolute atomic E-state index is 0.0175. The Morgan fingerprint density at radius 1 is 0.742 bits per heavy atom. The van der Waals surface area contributed by atoms with Crippen LogP contribution in [0.25, 0.3) is 10.8 Å². The second-order valence-corrected chi connectivity index (χ2v) is 8.27. The Kier molecular flexibility index (Phi) is 6.70. The van der Waals surface area contributed by atoms with Crippen LogP contribution in [-0.4, -0.2) is 78.4 Å². The molecule has 2 heterocycles. The summed E-state index contributed by atoms with van der Waals surface area (Å²) in [5.41, 5.74) is 0.594. The molecule has 2 saturated heterocycles. The van der Waals surface area contributed by atoms with Crippen LogP contribution >= 0.6 is 0 Å². The van der Waals surface area contributed by atoms with Crippen LogP contribution in [-0.2, 0) is 4.79 Å². The van der Waals surface area contributed by atoms with Gasteiger partial charge in [0.15, 0.2) is 0 Å². The van der Waals surface area contributed by atoms with Crippen LogP contribution in [0.5, 0.6) is 0 Å². The molecule has 4 amide bonds. The number of hydrogen-bond acceptors (Lipinski definition) is 3. The SMILES string of the molecule is O=C(NCCC(=O)N1CCN(C(=O)N2CCCCC2)CC1)c1ccc2ccccc2c1. The Balaban J connectivity index is 1.20. The molecule has 7 nitrogen and oxygen atoms in total. The van der Waals surface area contributed by atoms with Gasteiger partial charge in [-0.25, -0.2) is 4.79 Å². The first-order valence-corrected chi connectivity index (χ1v) is 11.2. The summed E-state index contributed by atoms with van der Waals surface area (Å²) < 4.78 is 0. The lowest BCUT2D eigenvalue weighted by atomic mass is 10.1. The third kappa shape index (κ3) is 5.16. The van der Waals surface area contributed by atoms with Gasteiger partial charge in [0.1, 0.15) is 0 Å². The normalized spacial score (nSPS) is 17.0. The van der Waals surface area contributed by atoms with Gasteiger partial charge in [-0.2, -0.15) is 0 Å². The average Bonchev–Trinajstić information content (AvgIpc) is 2.83. The van der Waals surface area contributed by atoms with Gasteiger partial charge in [-0.15, -0.1) is 0 Å². The number of carbonyl (C=O) groups excluding carboxylic acids is 3. The molecule has 0 spiro atoms. The standard InChI is InChI=1S/C24H30N4O3/c29-22(26-14-16-28(17-15-26)24(31)27-12-4-1-5-13-27)10-11-25-23(30)21-9-8-19-6-2-3-7-20(19)18-21/h2-3,6-9,18H,1,4-5,10-17H2,(H,25,30). The zero-order valence-electron chi connectivity index (χ0n) is 17.9. The molecule has 2 aliphatic rings. The number of piperidine rings is 1. The van der Waals surface area contributed by atoms with Crippen LogP contribution in [0, 0.1) is 0 Å². The van der Waals surface area contributed by atoms with Crippen molar-refractivity contribution >= 4 is 28.6 Å². The predicted molar refractivity (Wildman–Crippen MR) is 120 cm³/mol. The summed E-state index contributed by atoms with van der Waals surface area (Å²) in [5, 5.41) is 4.95. The Morgan fingerprint density at radius 3 is 2.13 bits per heavy atom. The minimum atomic E-state index is -0.171. The molecule has 31 heavy (non-hydrogen) atoms. The first kappa shape index (κ1) is 21.2. The first-order valence-electron chi connectivity index (χ1n) is 11.2. The van der Waals surface area contributed by atoms with E-state index in [0.29, 0.717) is 38.3 Å². The smallest absolute Gasteiger partial charge is 0.320 e. The summed E-state index contributed by atoms with van der Waals surface area (Å²) in [6.07, 6.45) is 3.62. The molecule has 0 unspecified atom stereocenters. The van der Waals surface area contributed by atoms with Crippen molar-refractivity contribution in [1.29, 1.82) is 0 Å². The van der Waals surface area contributed by atoms with Crippen molar-refractivity contribution < 1.29 is 14.4 Å². The fraction of sp³-hybridized carbons (Fsp3) is 0.458. The van der Waals surface area contributed by atoms with Crippen molar-refractivity contribution in [3.05, 3.63) is 48.0 Å². The van der Waals surface area contributed by atoms with E-state index in [9.17, 15) is 14.4 Å². The van der Waals surface area contributed by atoms with Crippen molar-refractivity contribution in [3.63, 3.8) is 0 Å². The fourth-order valence-electron chi connectivity index (χ4n) is 4.31. The van der Waals surface area contributed by atoms with Crippen LogP contribution in [0.15, 0.2) is 42.5 Å². The van der Waals surface area contributed by atoms with Crippen LogP contribution in [0.2, 0.25) is 0 Å². The summed E-state index contributed by atoms with van der Waals surface area (Å²) in [7, 11) is 0. The number of hydrogen-bond donors (Lipinski definition) is 1. The number of nitrogens with one attached hydrogen (secondary N) is 1. The summed E-state index contributed by atoms with van der Waals surface area (Å²) in [6, 6.07) is 13.6. The van der Waals surface area contributed by atoms with Gasteiger partial charge in [0.25, 0.3) is 5.91 Å². The van der Waals surface area contributed by atoms with Crippen molar-refractivity contribution in [2.24, 2.45) is 0 Å². The van der Waals surface area contributed by atoms with Gasteiger partial charge in [-0.05, 0) is 42.2 Å². The van der Waals surface area contributed by atoms with Crippen LogP contribution in [0.4, 0.5) is 4.79 Å². The van der Waals surface area contributed by atoms with Crippen molar-refractivity contribution in [3.8, 4) is 0 Å². The second kappa shape index (κ2) is 9.81. The van der Waals surface area contributed by atoms with Gasteiger partial charge < -0.3 is 20.0 Å². The molecule has 0 radical (unpaired) electrons. The van der Waals surface area contributed by atoms with Crippen LogP contribution in [0.1, 0.15) is 36.0 Å². The van der Waals surface area contributed by atoms with Crippen LogP contribution < -0.4 is 5.32 Å². The fourth-order valence-corrected chi connectivity index (χ4v) is 4.31. The molecular formula is C24H30N4O3. The second-order valence-electron chi connectivity index (χ2n) is 8.27. The van der Waals surface area contributed by atoms with Crippen LogP contribution in [0.3, 0.4) is 0 Å². The Labute approximate surface area is 183 Å². The van der Waals surface area contributed by atoms with Gasteiger partial charge in [-0.1, -0.05) is 30.3 Å². The molecule has 4 rings (SSSR count). The topological polar surface area (TPSA) is 73.0 Å². The maximum absolute atomic E-state index is 12.6. The largest absolute Gasteiger partial charge is 0.352 e. The number of piperazine rings is 1. The summed E-state index contributed by atoms with van der Waals surface area (Å²) in [6.45, 7) is 4.24. The number of likely N-dealkylation sites (tertiary alicyclic amines) is 1. The molecule has 2 aromatic carbocycles. The first-order chi connectivity index (χ1) is 15.1. The molecule has 0 atom stereocenters. The highest BCUT2D eigenvalue weighted by molar-refractivity contribution is 5.98. The Bertz CT molecular complexity index is 947. The molecule has 2 aliphatic heterocycles. The summed E-state index contributed by atoms with van der Waals surface area (Å²) in [4.78, 5) is 43.1. The maximum atomic E-state index is 12.6. The number of nitrogens with zero attached hydrogens (tertiary/aromatic N) is 3. The lowest BCUT2D eigenvalue weighted by Gasteiger charge is -2.38. The van der Waals surface area contributed by atoms with Gasteiger partial charge in [-0.3, -0.25) is 9.59 Å². The lowest BCUT2D eigenvalue weighted by molar-refractivity contribution is -0.132. The highest BCUT2D eigenvalue weighted by Crippen LogP contribution is 2.16. The predicted octanol–water partition coefficient (Wildman–Crippen LogP) is 2.71. The van der Waals surface area contributed by atoms with E-state index < -0.39 is 0 Å². The third-order valence-corrected chi connectivity index (χ3v) is 6.17. The Hall–Kier alpha value is -3.09. The van der Waals surface area contributed by atoms with E-state index in [4.69, 9.17) is 0 Å². The average molecular weight is 423 g/mol. The minimum Gasteiger partial charge on any atom is -0.352 e. The molecule has 1 N–H and O–H groups in total. The zero-order valence-corrected chi connectivity index (χ0v) is 17.9. The number of urea groups is 1. The highest BCUT2D eigenvalue weighted by Gasteiger charge is 2.27. The molecule has 7 heteroatoms. The molecule has 0 saturated carbocycles. The maximum Gasteiger partial charge on any atom is 0.320 e. The summed E-state index contributed by atoms with van der Waals surface area (Å²) in [5.74, 6) is -0.153. The van der Waals surface area contributed by atoms with Gasteiger partial charge in [0.2, 0.25) is 5.91 Å². The Morgan fingerprint density at radius 2 is 1.39 bits per heavy atom. The van der Waals surface area contributed by atoms with E-state index in [1.807, 2.05) is 46.2 Å². The van der Waals surface area contributed by atoms with Crippen molar-refractivity contribution in [1.82, 2.24) is 20.0 Å².